The molecule has 11 heteroatoms. The molecule has 0 aliphatic carbocycles. The molecule has 0 amide bonds. The topological polar surface area (TPSA) is 192 Å². The Balaban J connectivity index is 2.14. The largest absolute Gasteiger partial charge is 0.395 e. The highest BCUT2D eigenvalue weighted by Gasteiger charge is 2.49. The fraction of sp³-hybridized carbons (Fsp3) is 1.00. The zero-order valence-corrected chi connectivity index (χ0v) is 12.8. The number of ether oxygens (including phenoxy) is 2. The van der Waals surface area contributed by atoms with Gasteiger partial charge >= 0.3 is 0 Å². The van der Waals surface area contributed by atoms with Crippen LogP contribution in [0.25, 0.3) is 0 Å². The van der Waals surface area contributed by atoms with Crippen LogP contribution < -0.4 is 5.32 Å². The summed E-state index contributed by atoms with van der Waals surface area (Å²) in [5.74, 6) is 0. The van der Waals surface area contributed by atoms with Crippen LogP contribution in [0.5, 0.6) is 0 Å². The molecule has 2 aliphatic heterocycles. The van der Waals surface area contributed by atoms with Crippen molar-refractivity contribution in [1.82, 2.24) is 5.32 Å². The van der Waals surface area contributed by atoms with E-state index >= 15 is 0 Å². The monoisotopic (exact) mass is 355 g/mol. The number of nitrogens with one attached hydrogen (secondary N) is 1. The van der Waals surface area contributed by atoms with Gasteiger partial charge in [-0.25, -0.2) is 0 Å². The van der Waals surface area contributed by atoms with Crippen molar-refractivity contribution in [2.45, 2.75) is 61.1 Å². The van der Waals surface area contributed by atoms with Crippen molar-refractivity contribution in [2.75, 3.05) is 19.8 Å². The second-order valence-corrected chi connectivity index (χ2v) is 6.02. The molecule has 9 N–H and O–H groups in total. The van der Waals surface area contributed by atoms with E-state index in [9.17, 15) is 35.7 Å². The molecule has 0 bridgehead atoms. The first-order chi connectivity index (χ1) is 11.3. The molecule has 0 aromatic carbocycles. The van der Waals surface area contributed by atoms with Gasteiger partial charge in [-0.15, -0.1) is 0 Å². The first-order valence-corrected chi connectivity index (χ1v) is 7.65. The average molecular weight is 355 g/mol. The molecule has 142 valence electrons. The Hall–Kier alpha value is -0.440. The summed E-state index contributed by atoms with van der Waals surface area (Å²) in [6.45, 7) is -1.65. The van der Waals surface area contributed by atoms with Crippen LogP contribution in [0, 0.1) is 0 Å². The van der Waals surface area contributed by atoms with Crippen LogP contribution in [0.1, 0.15) is 0 Å². The maximum Gasteiger partial charge on any atom is 0.187 e. The van der Waals surface area contributed by atoms with E-state index < -0.39 is 80.9 Å². The van der Waals surface area contributed by atoms with Crippen LogP contribution >= 0.6 is 0 Å². The van der Waals surface area contributed by atoms with Gasteiger partial charge in [-0.3, -0.25) is 0 Å². The van der Waals surface area contributed by atoms with Crippen LogP contribution in [0.15, 0.2) is 0 Å². The summed E-state index contributed by atoms with van der Waals surface area (Å²) in [6, 6.07) is -1.80. The Morgan fingerprint density at radius 2 is 1.25 bits per heavy atom. The highest BCUT2D eigenvalue weighted by molar-refractivity contribution is 5.00. The lowest BCUT2D eigenvalue weighted by Gasteiger charge is -2.46. The van der Waals surface area contributed by atoms with Crippen molar-refractivity contribution >= 4 is 0 Å². The third-order valence-corrected chi connectivity index (χ3v) is 4.46. The van der Waals surface area contributed by atoms with Gasteiger partial charge in [0.2, 0.25) is 0 Å². The predicted molar refractivity (Wildman–Crippen MR) is 75.5 cm³/mol. The number of hydrogen-bond donors (Lipinski definition) is 9. The zero-order chi connectivity index (χ0) is 18.0. The summed E-state index contributed by atoms with van der Waals surface area (Å²) in [6.07, 6.45) is -11.8. The van der Waals surface area contributed by atoms with Gasteiger partial charge in [0.05, 0.1) is 31.9 Å². The SMILES string of the molecule is OC[C@@H]1N[C@H](CO)[C@@H](O)C(O[C@H]2O[C@H](CO)[C@@H](O)[C@H](O)[C@@H]2O)[C@@H]1O. The quantitative estimate of drug-likeness (QED) is 0.228. The molecular weight excluding hydrogens is 330 g/mol. The molecule has 2 fully saturated rings. The Bertz CT molecular complexity index is 383. The standard InChI is InChI=1S/C13H25NO10/c15-1-4-7(18)12(8(19)5(2-16)14-4)24-13-11(22)10(21)9(20)6(3-17)23-13/h4-22H,1-3H2/t4-,5+,6-,7-,8-,9-,10+,11+,12?,13-/m1/s1. The Labute approximate surface area is 137 Å². The fourth-order valence-corrected chi connectivity index (χ4v) is 2.95. The van der Waals surface area contributed by atoms with E-state index in [1.165, 1.54) is 0 Å². The maximum atomic E-state index is 10.2. The molecule has 10 atom stereocenters. The third kappa shape index (κ3) is 3.71. The molecule has 0 radical (unpaired) electrons. The summed E-state index contributed by atoms with van der Waals surface area (Å²) in [5.41, 5.74) is 0. The lowest BCUT2D eigenvalue weighted by atomic mass is 9.90. The zero-order valence-electron chi connectivity index (χ0n) is 12.8. The lowest BCUT2D eigenvalue weighted by molar-refractivity contribution is -0.328. The van der Waals surface area contributed by atoms with Crippen molar-refractivity contribution in [2.24, 2.45) is 0 Å². The number of hydrogen-bond acceptors (Lipinski definition) is 11. The molecule has 24 heavy (non-hydrogen) atoms. The summed E-state index contributed by atoms with van der Waals surface area (Å²) in [7, 11) is 0. The molecule has 0 aromatic heterocycles. The molecule has 2 aliphatic rings. The molecule has 0 spiro atoms. The first-order valence-electron chi connectivity index (χ1n) is 7.65. The van der Waals surface area contributed by atoms with E-state index in [1.807, 2.05) is 0 Å². The summed E-state index contributed by atoms with van der Waals surface area (Å²) in [5, 5.41) is 80.1. The number of piperidine rings is 1. The molecule has 2 saturated heterocycles. The van der Waals surface area contributed by atoms with Gasteiger partial charge in [0, 0.05) is 0 Å². The van der Waals surface area contributed by atoms with Crippen LogP contribution in [-0.2, 0) is 9.47 Å². The number of rotatable bonds is 5. The van der Waals surface area contributed by atoms with Gasteiger partial charge in [0.1, 0.15) is 42.7 Å². The van der Waals surface area contributed by atoms with E-state index in [0.29, 0.717) is 0 Å². The Morgan fingerprint density at radius 3 is 1.71 bits per heavy atom. The maximum absolute atomic E-state index is 10.2. The lowest BCUT2D eigenvalue weighted by Crippen LogP contribution is -2.69. The number of aliphatic hydroxyl groups is 8. The van der Waals surface area contributed by atoms with E-state index in [0.717, 1.165) is 0 Å². The normalized spacial score (nSPS) is 50.0. The Kier molecular flexibility index (Phi) is 6.87. The van der Waals surface area contributed by atoms with Gasteiger partial charge in [0.25, 0.3) is 0 Å². The summed E-state index contributed by atoms with van der Waals surface area (Å²) in [4.78, 5) is 0. The van der Waals surface area contributed by atoms with Gasteiger partial charge in [-0.1, -0.05) is 0 Å². The van der Waals surface area contributed by atoms with Gasteiger partial charge < -0.3 is 55.6 Å². The second kappa shape index (κ2) is 8.29. The minimum atomic E-state index is -1.70. The van der Waals surface area contributed by atoms with Crippen molar-refractivity contribution in [3.8, 4) is 0 Å². The molecule has 0 saturated carbocycles. The van der Waals surface area contributed by atoms with E-state index in [2.05, 4.69) is 5.32 Å². The third-order valence-electron chi connectivity index (χ3n) is 4.46. The summed E-state index contributed by atoms with van der Waals surface area (Å²) >= 11 is 0. The number of aliphatic hydroxyl groups excluding tert-OH is 8. The fourth-order valence-electron chi connectivity index (χ4n) is 2.95. The van der Waals surface area contributed by atoms with Gasteiger partial charge in [-0.2, -0.15) is 0 Å². The minimum Gasteiger partial charge on any atom is -0.395 e. The van der Waals surface area contributed by atoms with Gasteiger partial charge in [0.15, 0.2) is 6.29 Å². The molecule has 1 unspecified atom stereocenters. The Morgan fingerprint density at radius 1 is 0.708 bits per heavy atom. The predicted octanol–water partition coefficient (Wildman–Crippen LogP) is -5.78. The van der Waals surface area contributed by atoms with Crippen molar-refractivity contribution in [1.29, 1.82) is 0 Å². The molecule has 0 aromatic rings. The minimum absolute atomic E-state index is 0.501. The summed E-state index contributed by atoms with van der Waals surface area (Å²) < 4.78 is 10.5. The molecular formula is C13H25NO10. The van der Waals surface area contributed by atoms with Crippen molar-refractivity contribution < 1.29 is 50.3 Å². The van der Waals surface area contributed by atoms with E-state index in [4.69, 9.17) is 14.6 Å². The molecule has 11 nitrogen and oxygen atoms in total. The molecule has 2 rings (SSSR count). The van der Waals surface area contributed by atoms with Crippen LogP contribution in [-0.4, -0.2) is 122 Å². The van der Waals surface area contributed by atoms with E-state index in [1.54, 1.807) is 0 Å². The smallest absolute Gasteiger partial charge is 0.187 e. The second-order valence-electron chi connectivity index (χ2n) is 6.02. The molecule has 2 heterocycles. The van der Waals surface area contributed by atoms with Crippen molar-refractivity contribution in [3.05, 3.63) is 0 Å². The highest BCUT2D eigenvalue weighted by Crippen LogP contribution is 2.27. The van der Waals surface area contributed by atoms with Crippen molar-refractivity contribution in [3.63, 3.8) is 0 Å². The van der Waals surface area contributed by atoms with Crippen LogP contribution in [0.4, 0.5) is 0 Å². The highest BCUT2D eigenvalue weighted by atomic mass is 16.7. The van der Waals surface area contributed by atoms with E-state index in [-0.39, 0.29) is 0 Å². The van der Waals surface area contributed by atoms with Crippen LogP contribution in [0.2, 0.25) is 0 Å². The average Bonchev–Trinajstić information content (AvgIpc) is 2.58. The van der Waals surface area contributed by atoms with Gasteiger partial charge in [-0.05, 0) is 0 Å². The van der Waals surface area contributed by atoms with Crippen LogP contribution in [0.3, 0.4) is 0 Å². The first kappa shape index (κ1) is 19.9.